The Bertz CT molecular complexity index is 672. The van der Waals surface area contributed by atoms with Crippen LogP contribution in [-0.2, 0) is 17.3 Å². The van der Waals surface area contributed by atoms with E-state index in [0.717, 1.165) is 5.56 Å². The minimum atomic E-state index is -1.84. The lowest BCUT2D eigenvalue weighted by Crippen LogP contribution is -2.42. The van der Waals surface area contributed by atoms with Gasteiger partial charge < -0.3 is 20.0 Å². The van der Waals surface area contributed by atoms with Gasteiger partial charge in [0.05, 0.1) is 12.6 Å². The predicted octanol–water partition coefficient (Wildman–Crippen LogP) is 3.86. The zero-order valence-corrected chi connectivity index (χ0v) is 17.2. The number of nitrogens with one attached hydrogen (secondary N) is 1. The number of fused-ring (bicyclic) bond motifs is 1. The first kappa shape index (κ1) is 20.9. The molecule has 3 N–H and O–H groups in total. The average Bonchev–Trinajstić information content (AvgIpc) is 2.93. The van der Waals surface area contributed by atoms with E-state index < -0.39 is 20.5 Å². The lowest BCUT2D eigenvalue weighted by Gasteiger charge is -2.37. The van der Waals surface area contributed by atoms with Crippen molar-refractivity contribution >= 4 is 14.4 Å². The number of benzene rings is 1. The van der Waals surface area contributed by atoms with Crippen LogP contribution in [0.15, 0.2) is 12.1 Å². The Hall–Kier alpha value is -1.44. The van der Waals surface area contributed by atoms with Crippen molar-refractivity contribution in [2.24, 2.45) is 5.92 Å². The maximum absolute atomic E-state index is 14.5. The van der Waals surface area contributed by atoms with E-state index in [0.29, 0.717) is 30.6 Å². The molecule has 2 unspecified atom stereocenters. The number of hydrogen-bond acceptors (Lipinski definition) is 3. The highest BCUT2D eigenvalue weighted by Gasteiger charge is 2.38. The van der Waals surface area contributed by atoms with Gasteiger partial charge in [-0.25, -0.2) is 9.18 Å². The predicted molar refractivity (Wildman–Crippen MR) is 101 cm³/mol. The minimum Gasteiger partial charge on any atom is -0.465 e. The van der Waals surface area contributed by atoms with Crippen molar-refractivity contribution in [1.29, 1.82) is 0 Å². The summed E-state index contributed by atoms with van der Waals surface area (Å²) in [5, 5.41) is 21.0. The van der Waals surface area contributed by atoms with E-state index in [1.165, 1.54) is 6.07 Å². The number of carboxylic acid groups (broad SMARTS) is 1. The molecular formula is C19H30FNO4Si. The molecule has 2 atom stereocenters. The molecular weight excluding hydrogens is 353 g/mol. The van der Waals surface area contributed by atoms with Gasteiger partial charge in [0.2, 0.25) is 0 Å². The smallest absolute Gasteiger partial charge is 0.404 e. The summed E-state index contributed by atoms with van der Waals surface area (Å²) in [7, 11) is -1.84. The third kappa shape index (κ3) is 4.84. The summed E-state index contributed by atoms with van der Waals surface area (Å²) in [5.74, 6) is -0.0973. The molecule has 1 amide bonds. The molecule has 0 fully saturated rings. The number of hydrogen-bond donors (Lipinski definition) is 3. The van der Waals surface area contributed by atoms with Crippen molar-refractivity contribution in [3.8, 4) is 0 Å². The Morgan fingerprint density at radius 1 is 1.38 bits per heavy atom. The molecule has 26 heavy (non-hydrogen) atoms. The first-order chi connectivity index (χ1) is 11.9. The first-order valence-corrected chi connectivity index (χ1v) is 11.9. The van der Waals surface area contributed by atoms with Gasteiger partial charge in [-0.3, -0.25) is 0 Å². The normalized spacial score (nSPS) is 18.5. The van der Waals surface area contributed by atoms with Crippen LogP contribution in [-0.4, -0.2) is 37.8 Å². The van der Waals surface area contributed by atoms with E-state index in [2.05, 4.69) is 39.2 Å². The molecule has 7 heteroatoms. The minimum absolute atomic E-state index is 0.137. The van der Waals surface area contributed by atoms with E-state index in [1.54, 1.807) is 6.07 Å². The maximum Gasteiger partial charge on any atom is 0.404 e. The van der Waals surface area contributed by atoms with Gasteiger partial charge in [-0.15, -0.1) is 0 Å². The number of amides is 1. The highest BCUT2D eigenvalue weighted by Crippen LogP contribution is 2.38. The summed E-state index contributed by atoms with van der Waals surface area (Å²) in [6.07, 6.45) is -0.921. The summed E-state index contributed by atoms with van der Waals surface area (Å²) >= 11 is 0. The Morgan fingerprint density at radius 2 is 2.04 bits per heavy atom. The summed E-state index contributed by atoms with van der Waals surface area (Å²) in [4.78, 5) is 10.5. The van der Waals surface area contributed by atoms with Crippen molar-refractivity contribution in [2.75, 3.05) is 13.2 Å². The van der Waals surface area contributed by atoms with Gasteiger partial charge in [-0.05, 0) is 59.6 Å². The van der Waals surface area contributed by atoms with Crippen LogP contribution >= 0.6 is 0 Å². The second kappa shape index (κ2) is 7.66. The fourth-order valence-corrected chi connectivity index (χ4v) is 4.04. The molecule has 0 heterocycles. The van der Waals surface area contributed by atoms with E-state index in [9.17, 15) is 14.3 Å². The van der Waals surface area contributed by atoms with Crippen LogP contribution in [0.1, 0.15) is 43.6 Å². The maximum atomic E-state index is 14.5. The molecule has 1 aliphatic carbocycles. The number of aliphatic hydroxyl groups is 1. The number of carbonyl (C=O) groups is 1. The lowest BCUT2D eigenvalue weighted by atomic mass is 10.0. The Balaban J connectivity index is 2.04. The molecule has 0 bridgehead atoms. The highest BCUT2D eigenvalue weighted by molar-refractivity contribution is 6.74. The van der Waals surface area contributed by atoms with Crippen LogP contribution in [0.3, 0.4) is 0 Å². The molecule has 0 radical (unpaired) electrons. The monoisotopic (exact) mass is 383 g/mol. The third-order valence-electron chi connectivity index (χ3n) is 5.63. The summed E-state index contributed by atoms with van der Waals surface area (Å²) < 4.78 is 20.8. The molecule has 146 valence electrons. The van der Waals surface area contributed by atoms with Crippen molar-refractivity contribution < 1.29 is 23.8 Å². The van der Waals surface area contributed by atoms with Gasteiger partial charge in [0.25, 0.3) is 0 Å². The first-order valence-electron chi connectivity index (χ1n) is 9.00. The molecule has 1 aromatic rings. The summed E-state index contributed by atoms with van der Waals surface area (Å²) in [6, 6.07) is 3.10. The fraction of sp³-hybridized carbons (Fsp3) is 0.632. The number of aliphatic hydroxyl groups excluding tert-OH is 1. The zero-order valence-electron chi connectivity index (χ0n) is 16.2. The lowest BCUT2D eigenvalue weighted by molar-refractivity contribution is 0.158. The quantitative estimate of drug-likeness (QED) is 0.652. The molecule has 2 rings (SSSR count). The molecule has 0 spiro atoms. The van der Waals surface area contributed by atoms with Crippen LogP contribution in [0.25, 0.3) is 0 Å². The van der Waals surface area contributed by atoms with Crippen LogP contribution in [0.2, 0.25) is 18.1 Å². The Labute approximate surface area is 155 Å². The van der Waals surface area contributed by atoms with Crippen LogP contribution in [0.5, 0.6) is 0 Å². The van der Waals surface area contributed by atoms with E-state index in [4.69, 9.17) is 9.53 Å². The molecule has 0 saturated heterocycles. The number of rotatable bonds is 6. The topological polar surface area (TPSA) is 78.8 Å². The van der Waals surface area contributed by atoms with Gasteiger partial charge in [0.1, 0.15) is 5.82 Å². The van der Waals surface area contributed by atoms with Crippen molar-refractivity contribution in [3.63, 3.8) is 0 Å². The van der Waals surface area contributed by atoms with Gasteiger partial charge in [-0.2, -0.15) is 0 Å². The van der Waals surface area contributed by atoms with Crippen molar-refractivity contribution in [1.82, 2.24) is 5.32 Å². The third-order valence-corrected chi connectivity index (χ3v) is 10.1. The molecule has 5 nitrogen and oxygen atoms in total. The second-order valence-electron chi connectivity index (χ2n) is 8.69. The van der Waals surface area contributed by atoms with Crippen molar-refractivity contribution in [2.45, 2.75) is 57.8 Å². The van der Waals surface area contributed by atoms with E-state index in [1.807, 2.05) is 0 Å². The Kier molecular flexibility index (Phi) is 6.15. The molecule has 0 aliphatic heterocycles. The average molecular weight is 384 g/mol. The molecule has 1 aliphatic rings. The standard InChI is InChI=1S/C19H30FNO4Si/c1-19(2,3)26(4,5)25-11-12-6-13-8-14(9-16(20)15(13)7-12)17(22)10-21-18(23)24/h8-9,12,17,21-22H,6-7,10-11H2,1-5H3,(H,23,24). The van der Waals surface area contributed by atoms with E-state index in [-0.39, 0.29) is 23.3 Å². The summed E-state index contributed by atoms with van der Waals surface area (Å²) in [6.45, 7) is 11.5. The van der Waals surface area contributed by atoms with Crippen LogP contribution in [0.4, 0.5) is 9.18 Å². The van der Waals surface area contributed by atoms with Gasteiger partial charge in [-0.1, -0.05) is 26.8 Å². The molecule has 0 saturated carbocycles. The SMILES string of the molecule is CC(C)(C)[Si](C)(C)OCC1Cc2cc(C(O)CNC(=O)O)cc(F)c2C1. The van der Waals surface area contributed by atoms with Crippen LogP contribution in [0, 0.1) is 11.7 Å². The number of halogens is 1. The van der Waals surface area contributed by atoms with Crippen LogP contribution < -0.4 is 5.32 Å². The van der Waals surface area contributed by atoms with Crippen molar-refractivity contribution in [3.05, 3.63) is 34.6 Å². The van der Waals surface area contributed by atoms with E-state index >= 15 is 0 Å². The summed E-state index contributed by atoms with van der Waals surface area (Å²) in [5.41, 5.74) is 1.98. The van der Waals surface area contributed by atoms with Gasteiger partial charge in [0, 0.05) is 6.61 Å². The van der Waals surface area contributed by atoms with Gasteiger partial charge in [0.15, 0.2) is 8.32 Å². The molecule has 0 aromatic heterocycles. The second-order valence-corrected chi connectivity index (χ2v) is 13.5. The molecule has 1 aromatic carbocycles. The highest BCUT2D eigenvalue weighted by atomic mass is 28.4. The Morgan fingerprint density at radius 3 is 2.62 bits per heavy atom. The largest absolute Gasteiger partial charge is 0.465 e. The van der Waals surface area contributed by atoms with Gasteiger partial charge >= 0.3 is 6.09 Å². The zero-order chi connectivity index (χ0) is 19.7. The fourth-order valence-electron chi connectivity index (χ4n) is 2.95.